The number of nitrogens with zero attached hydrogens (tertiary/aromatic N) is 1. The number of hydrogen-bond donors (Lipinski definition) is 4. The fourth-order valence-electron chi connectivity index (χ4n) is 6.94. The van der Waals surface area contributed by atoms with E-state index in [9.17, 15) is 28.2 Å². The average molecular weight is 734 g/mol. The third-order valence-electron chi connectivity index (χ3n) is 9.47. The molecule has 2 aromatic rings. The first kappa shape index (κ1) is 38.6. The van der Waals surface area contributed by atoms with Crippen LogP contribution in [0.1, 0.15) is 58.4 Å². The van der Waals surface area contributed by atoms with Gasteiger partial charge in [-0.15, -0.1) is 0 Å². The molecule has 0 saturated carbocycles. The molecule has 51 heavy (non-hydrogen) atoms. The summed E-state index contributed by atoms with van der Waals surface area (Å²) in [5.74, 6) is 0.482. The first-order chi connectivity index (χ1) is 24.5. The summed E-state index contributed by atoms with van der Waals surface area (Å²) in [6.45, 7) is 7.46. The molecule has 282 valence electrons. The fourth-order valence-corrected chi connectivity index (χ4v) is 8.81. The summed E-state index contributed by atoms with van der Waals surface area (Å²) < 4.78 is 58.9. The van der Waals surface area contributed by atoms with Crippen LogP contribution in [0, 0.1) is 17.8 Å². The summed E-state index contributed by atoms with van der Waals surface area (Å²) in [5.41, 5.74) is 0.702. The first-order valence-electron chi connectivity index (χ1n) is 17.8. The minimum atomic E-state index is -4.27. The Balaban J connectivity index is 1.37. The number of hydrogen-bond acceptors (Lipinski definition) is 10. The van der Waals surface area contributed by atoms with Gasteiger partial charge in [0, 0.05) is 37.4 Å². The molecule has 3 aliphatic rings. The van der Waals surface area contributed by atoms with Crippen molar-refractivity contribution in [1.29, 1.82) is 0 Å². The third-order valence-corrected chi connectivity index (χ3v) is 11.3. The number of carbonyl (C=O) groups excluding carboxylic acids is 1. The molecule has 0 radical (unpaired) electrons. The second-order valence-corrected chi connectivity index (χ2v) is 15.6. The second-order valence-electron chi connectivity index (χ2n) is 13.7. The Bertz CT molecular complexity index is 1570. The van der Waals surface area contributed by atoms with Crippen LogP contribution in [0.15, 0.2) is 47.4 Å². The number of amides is 2. The van der Waals surface area contributed by atoms with Crippen LogP contribution in [0.5, 0.6) is 17.2 Å². The Morgan fingerprint density at radius 3 is 2.55 bits per heavy atom. The predicted octanol–water partition coefficient (Wildman–Crippen LogP) is 3.75. The van der Waals surface area contributed by atoms with Gasteiger partial charge in [0.05, 0.1) is 42.9 Å². The standard InChI is InChI=1S/C36H51N3O11S/c1-4-5-15-37-32(40)7-6-16-46-25-10-8-24(9-11-25)18-29(38-36(42)43)34(41)33(28-21-48-35-27(28)14-17-47-35)39(20-23(2)3)51(44,45)26-12-13-30-31(19-26)50-22-49-30/h8-13,19,23,27-29,33-35,38,41H,4-7,14-18,20-22H2,1-3H3,(H,37,40)(H,42,43)/t27-,28+,29-,33?,34+,35+/m0/s1. The number of aliphatic hydroxyl groups excluding tert-OH is 1. The molecular formula is C36H51N3O11S. The monoisotopic (exact) mass is 733 g/mol. The van der Waals surface area contributed by atoms with E-state index < -0.39 is 46.5 Å². The molecule has 2 amide bonds. The van der Waals surface area contributed by atoms with E-state index in [-0.39, 0.29) is 49.0 Å². The highest BCUT2D eigenvalue weighted by atomic mass is 32.2. The summed E-state index contributed by atoms with van der Waals surface area (Å²) >= 11 is 0. The molecule has 14 nitrogen and oxygen atoms in total. The van der Waals surface area contributed by atoms with Gasteiger partial charge in [-0.1, -0.05) is 39.3 Å². The van der Waals surface area contributed by atoms with Crippen molar-refractivity contribution in [2.45, 2.75) is 88.7 Å². The van der Waals surface area contributed by atoms with Gasteiger partial charge in [0.1, 0.15) is 5.75 Å². The zero-order valence-corrected chi connectivity index (χ0v) is 30.3. The highest BCUT2D eigenvalue weighted by Crippen LogP contribution is 2.42. The smallest absolute Gasteiger partial charge is 0.404 e. The van der Waals surface area contributed by atoms with E-state index in [0.717, 1.165) is 12.8 Å². The maximum atomic E-state index is 14.6. The number of fused-ring (bicyclic) bond motifs is 2. The third kappa shape index (κ3) is 9.83. The maximum Gasteiger partial charge on any atom is 0.404 e. The molecule has 2 aromatic carbocycles. The minimum Gasteiger partial charge on any atom is -0.494 e. The van der Waals surface area contributed by atoms with Crippen LogP contribution in [0.25, 0.3) is 0 Å². The molecule has 0 aromatic heterocycles. The lowest BCUT2D eigenvalue weighted by Gasteiger charge is -2.42. The highest BCUT2D eigenvalue weighted by Gasteiger charge is 2.52. The highest BCUT2D eigenvalue weighted by molar-refractivity contribution is 7.89. The number of unbranched alkanes of at least 4 members (excludes halogenated alkanes) is 1. The molecule has 5 rings (SSSR count). The van der Waals surface area contributed by atoms with Gasteiger partial charge in [0.2, 0.25) is 22.7 Å². The summed E-state index contributed by atoms with van der Waals surface area (Å²) in [4.78, 5) is 24.1. The molecule has 2 fully saturated rings. The van der Waals surface area contributed by atoms with Crippen LogP contribution in [-0.2, 0) is 30.7 Å². The van der Waals surface area contributed by atoms with Crippen LogP contribution in [0.3, 0.4) is 0 Å². The number of sulfonamides is 1. The van der Waals surface area contributed by atoms with Gasteiger partial charge >= 0.3 is 6.09 Å². The first-order valence-corrected chi connectivity index (χ1v) is 19.2. The maximum absolute atomic E-state index is 14.6. The Morgan fingerprint density at radius 1 is 1.06 bits per heavy atom. The Morgan fingerprint density at radius 2 is 1.82 bits per heavy atom. The molecule has 3 aliphatic heterocycles. The van der Waals surface area contributed by atoms with Gasteiger partial charge in [-0.3, -0.25) is 4.79 Å². The van der Waals surface area contributed by atoms with Crippen molar-refractivity contribution in [3.63, 3.8) is 0 Å². The molecule has 1 unspecified atom stereocenters. The van der Waals surface area contributed by atoms with E-state index in [0.29, 0.717) is 61.8 Å². The van der Waals surface area contributed by atoms with Crippen molar-refractivity contribution >= 4 is 22.0 Å². The summed E-state index contributed by atoms with van der Waals surface area (Å²) in [5, 5.41) is 27.6. The largest absolute Gasteiger partial charge is 0.494 e. The Hall–Kier alpha value is -3.63. The lowest BCUT2D eigenvalue weighted by atomic mass is 9.81. The van der Waals surface area contributed by atoms with Gasteiger partial charge in [-0.25, -0.2) is 13.2 Å². The zero-order valence-electron chi connectivity index (χ0n) is 29.5. The van der Waals surface area contributed by atoms with E-state index in [4.69, 9.17) is 23.7 Å². The number of rotatable bonds is 19. The fraction of sp³-hybridized carbons (Fsp3) is 0.611. The van der Waals surface area contributed by atoms with E-state index in [1.165, 1.54) is 16.4 Å². The molecule has 0 spiro atoms. The van der Waals surface area contributed by atoms with Gasteiger partial charge in [-0.2, -0.15) is 4.31 Å². The quantitative estimate of drug-likeness (QED) is 0.154. The number of carbonyl (C=O) groups is 2. The zero-order chi connectivity index (χ0) is 36.5. The van der Waals surface area contributed by atoms with E-state index in [1.807, 2.05) is 13.8 Å². The van der Waals surface area contributed by atoms with E-state index in [2.05, 4.69) is 17.6 Å². The van der Waals surface area contributed by atoms with Crippen LogP contribution >= 0.6 is 0 Å². The predicted molar refractivity (Wildman–Crippen MR) is 186 cm³/mol. The summed E-state index contributed by atoms with van der Waals surface area (Å²) in [6.07, 6.45) is 0.188. The molecule has 0 bridgehead atoms. The number of aliphatic hydroxyl groups is 1. The van der Waals surface area contributed by atoms with Crippen LogP contribution in [0.4, 0.5) is 4.79 Å². The molecule has 15 heteroatoms. The van der Waals surface area contributed by atoms with Crippen molar-refractivity contribution in [2.75, 3.05) is 39.7 Å². The van der Waals surface area contributed by atoms with Gasteiger partial charge in [0.25, 0.3) is 0 Å². The van der Waals surface area contributed by atoms with Gasteiger partial charge in [-0.05, 0) is 61.4 Å². The second kappa shape index (κ2) is 17.7. The lowest BCUT2D eigenvalue weighted by Crippen LogP contribution is -2.60. The summed E-state index contributed by atoms with van der Waals surface area (Å²) in [7, 11) is -4.27. The SMILES string of the molecule is CCCCNC(=O)CCCOc1ccc(C[C@H](NC(=O)O)[C@@H](O)C([C@@H]2CO[C@H]3OCC[C@H]32)N(CC(C)C)S(=O)(=O)c2ccc3c(c2)OCO3)cc1. The number of ether oxygens (including phenoxy) is 5. The summed E-state index contributed by atoms with van der Waals surface area (Å²) in [6, 6.07) is 9.30. The van der Waals surface area contributed by atoms with E-state index >= 15 is 0 Å². The molecule has 4 N–H and O–H groups in total. The molecule has 2 saturated heterocycles. The minimum absolute atomic E-state index is 0.00738. The molecule has 0 aliphatic carbocycles. The lowest BCUT2D eigenvalue weighted by molar-refractivity contribution is -0.121. The van der Waals surface area contributed by atoms with Crippen molar-refractivity contribution < 1.29 is 51.9 Å². The van der Waals surface area contributed by atoms with Crippen LogP contribution < -0.4 is 24.8 Å². The van der Waals surface area contributed by atoms with Crippen molar-refractivity contribution in [2.24, 2.45) is 17.8 Å². The Labute approximate surface area is 299 Å². The normalized spacial score (nSPS) is 21.3. The van der Waals surface area contributed by atoms with Crippen LogP contribution in [-0.4, -0.2) is 99.1 Å². The van der Waals surface area contributed by atoms with Gasteiger partial charge < -0.3 is 44.5 Å². The molecule has 3 heterocycles. The molecular weight excluding hydrogens is 682 g/mol. The molecule has 6 atom stereocenters. The average Bonchev–Trinajstić information content (AvgIpc) is 3.85. The Kier molecular flexibility index (Phi) is 13.4. The van der Waals surface area contributed by atoms with E-state index in [1.54, 1.807) is 30.3 Å². The topological polar surface area (TPSA) is 182 Å². The number of benzene rings is 2. The van der Waals surface area contributed by atoms with Crippen molar-refractivity contribution in [1.82, 2.24) is 14.9 Å². The van der Waals surface area contributed by atoms with Crippen molar-refractivity contribution in [3.8, 4) is 17.2 Å². The van der Waals surface area contributed by atoms with Crippen molar-refractivity contribution in [3.05, 3.63) is 48.0 Å². The van der Waals surface area contributed by atoms with Gasteiger partial charge in [0.15, 0.2) is 17.8 Å². The number of nitrogens with one attached hydrogen (secondary N) is 2. The number of carboxylic acid groups (broad SMARTS) is 1. The van der Waals surface area contributed by atoms with Crippen LogP contribution in [0.2, 0.25) is 0 Å².